The lowest BCUT2D eigenvalue weighted by molar-refractivity contribution is -0.274. The lowest BCUT2D eigenvalue weighted by Gasteiger charge is -2.10. The van der Waals surface area contributed by atoms with Crippen molar-refractivity contribution < 1.29 is 17.9 Å². The van der Waals surface area contributed by atoms with Crippen LogP contribution in [-0.4, -0.2) is 10.9 Å². The number of hydrogen-bond donors (Lipinski definition) is 0. The molecule has 3 aromatic rings. The van der Waals surface area contributed by atoms with Gasteiger partial charge < -0.3 is 9.30 Å². The molecule has 0 spiro atoms. The van der Waals surface area contributed by atoms with Gasteiger partial charge in [0, 0.05) is 29.2 Å². The van der Waals surface area contributed by atoms with E-state index in [1.165, 1.54) is 12.1 Å². The van der Waals surface area contributed by atoms with Gasteiger partial charge in [-0.1, -0.05) is 30.3 Å². The van der Waals surface area contributed by atoms with Gasteiger partial charge in [0.15, 0.2) is 0 Å². The molecule has 1 aromatic heterocycles. The molecule has 0 fully saturated rings. The molecule has 21 heavy (non-hydrogen) atoms. The van der Waals surface area contributed by atoms with E-state index in [1.54, 1.807) is 12.1 Å². The van der Waals surface area contributed by atoms with Gasteiger partial charge in [-0.15, -0.1) is 13.2 Å². The first-order valence-electron chi connectivity index (χ1n) is 6.35. The lowest BCUT2D eigenvalue weighted by atomic mass is 10.1. The fourth-order valence-electron chi connectivity index (χ4n) is 2.42. The Labute approximate surface area is 119 Å². The van der Waals surface area contributed by atoms with E-state index < -0.39 is 6.36 Å². The van der Waals surface area contributed by atoms with Gasteiger partial charge in [-0.3, -0.25) is 0 Å². The van der Waals surface area contributed by atoms with E-state index >= 15 is 0 Å². The number of ether oxygens (including phenoxy) is 1. The second-order valence-corrected chi connectivity index (χ2v) is 4.72. The molecule has 108 valence electrons. The van der Waals surface area contributed by atoms with Crippen molar-refractivity contribution in [2.24, 2.45) is 7.05 Å². The van der Waals surface area contributed by atoms with Crippen LogP contribution in [0.2, 0.25) is 0 Å². The predicted octanol–water partition coefficient (Wildman–Crippen LogP) is 4.74. The summed E-state index contributed by atoms with van der Waals surface area (Å²) in [6, 6.07) is 15.7. The molecule has 0 aliphatic carbocycles. The van der Waals surface area contributed by atoms with Crippen LogP contribution in [0.5, 0.6) is 5.75 Å². The van der Waals surface area contributed by atoms with Crippen molar-refractivity contribution in [2.75, 3.05) is 0 Å². The van der Waals surface area contributed by atoms with Crippen molar-refractivity contribution in [2.45, 2.75) is 6.36 Å². The van der Waals surface area contributed by atoms with E-state index in [1.807, 2.05) is 41.9 Å². The van der Waals surface area contributed by atoms with E-state index in [9.17, 15) is 13.2 Å². The van der Waals surface area contributed by atoms with E-state index in [4.69, 9.17) is 0 Å². The van der Waals surface area contributed by atoms with Crippen LogP contribution in [0.4, 0.5) is 13.2 Å². The number of hydrogen-bond acceptors (Lipinski definition) is 1. The van der Waals surface area contributed by atoms with Crippen LogP contribution in [0.15, 0.2) is 54.6 Å². The number of para-hydroxylation sites is 1. The number of rotatable bonds is 2. The molecule has 0 amide bonds. The SMILES string of the molecule is Cn1c(-c2cccc(OC(F)(F)F)c2)cc2ccccc21. The Hall–Kier alpha value is -2.43. The highest BCUT2D eigenvalue weighted by molar-refractivity contribution is 5.87. The van der Waals surface area contributed by atoms with Crippen molar-refractivity contribution in [3.05, 3.63) is 54.6 Å². The number of nitrogens with zero attached hydrogens (tertiary/aromatic N) is 1. The highest BCUT2D eigenvalue weighted by Crippen LogP contribution is 2.31. The van der Waals surface area contributed by atoms with Crippen LogP contribution < -0.4 is 4.74 Å². The summed E-state index contributed by atoms with van der Waals surface area (Å²) in [5.74, 6) is -0.217. The lowest BCUT2D eigenvalue weighted by Crippen LogP contribution is -2.17. The van der Waals surface area contributed by atoms with Crippen molar-refractivity contribution in [1.29, 1.82) is 0 Å². The summed E-state index contributed by atoms with van der Waals surface area (Å²) in [6.07, 6.45) is -4.68. The van der Waals surface area contributed by atoms with Crippen molar-refractivity contribution in [3.63, 3.8) is 0 Å². The Kier molecular flexibility index (Phi) is 3.12. The normalized spacial score (nSPS) is 11.8. The van der Waals surface area contributed by atoms with Gasteiger partial charge in [0.1, 0.15) is 5.75 Å². The molecule has 0 saturated heterocycles. The first-order chi connectivity index (χ1) is 9.94. The zero-order valence-corrected chi connectivity index (χ0v) is 11.2. The standard InChI is InChI=1S/C16H12F3NO/c1-20-14-8-3-2-5-12(14)10-15(20)11-6-4-7-13(9-11)21-16(17,18)19/h2-10H,1H3. The molecule has 0 aliphatic heterocycles. The van der Waals surface area contributed by atoms with Crippen molar-refractivity contribution in [3.8, 4) is 17.0 Å². The van der Waals surface area contributed by atoms with Crippen LogP contribution in [0.1, 0.15) is 0 Å². The zero-order valence-electron chi connectivity index (χ0n) is 11.2. The Morgan fingerprint density at radius 1 is 0.952 bits per heavy atom. The summed E-state index contributed by atoms with van der Waals surface area (Å²) in [6.45, 7) is 0. The zero-order chi connectivity index (χ0) is 15.0. The van der Waals surface area contributed by atoms with Crippen LogP contribution in [0, 0.1) is 0 Å². The number of aryl methyl sites for hydroxylation is 1. The first kappa shape index (κ1) is 13.5. The van der Waals surface area contributed by atoms with Gasteiger partial charge in [-0.2, -0.15) is 0 Å². The Morgan fingerprint density at radius 3 is 2.43 bits per heavy atom. The van der Waals surface area contributed by atoms with Crippen LogP contribution in [0.3, 0.4) is 0 Å². The van der Waals surface area contributed by atoms with Gasteiger partial charge in [0.25, 0.3) is 0 Å². The minimum Gasteiger partial charge on any atom is -0.406 e. The molecule has 2 nitrogen and oxygen atoms in total. The van der Waals surface area contributed by atoms with Gasteiger partial charge in [-0.05, 0) is 24.3 Å². The second kappa shape index (κ2) is 4.84. The summed E-state index contributed by atoms with van der Waals surface area (Å²) < 4.78 is 42.8. The number of aromatic nitrogens is 1. The topological polar surface area (TPSA) is 14.2 Å². The maximum absolute atomic E-state index is 12.3. The molecular weight excluding hydrogens is 279 g/mol. The molecule has 5 heteroatoms. The largest absolute Gasteiger partial charge is 0.573 e. The molecule has 0 radical (unpaired) electrons. The van der Waals surface area contributed by atoms with Crippen molar-refractivity contribution in [1.82, 2.24) is 4.57 Å². The van der Waals surface area contributed by atoms with Gasteiger partial charge in [0.2, 0.25) is 0 Å². The minimum absolute atomic E-state index is 0.217. The van der Waals surface area contributed by atoms with E-state index in [0.29, 0.717) is 5.56 Å². The van der Waals surface area contributed by atoms with Crippen LogP contribution >= 0.6 is 0 Å². The molecule has 2 aromatic carbocycles. The summed E-state index contributed by atoms with van der Waals surface area (Å²) in [5, 5.41) is 1.04. The van der Waals surface area contributed by atoms with Gasteiger partial charge in [0.05, 0.1) is 0 Å². The summed E-state index contributed by atoms with van der Waals surface area (Å²) >= 11 is 0. The van der Waals surface area contributed by atoms with Crippen LogP contribution in [0.25, 0.3) is 22.2 Å². The third kappa shape index (κ3) is 2.72. The molecule has 0 N–H and O–H groups in total. The molecule has 0 saturated carbocycles. The fraction of sp³-hybridized carbons (Fsp3) is 0.125. The molecule has 3 rings (SSSR count). The maximum Gasteiger partial charge on any atom is 0.573 e. The summed E-state index contributed by atoms with van der Waals surface area (Å²) in [5.41, 5.74) is 2.54. The number of fused-ring (bicyclic) bond motifs is 1. The molecule has 1 heterocycles. The number of benzene rings is 2. The average molecular weight is 291 g/mol. The molecule has 0 aliphatic rings. The van der Waals surface area contributed by atoms with Crippen molar-refractivity contribution >= 4 is 10.9 Å². The Bertz CT molecular complexity index is 790. The van der Waals surface area contributed by atoms with E-state index in [2.05, 4.69) is 4.74 Å². The number of alkyl halides is 3. The minimum atomic E-state index is -4.68. The molecule has 0 bridgehead atoms. The Balaban J connectivity index is 2.06. The highest BCUT2D eigenvalue weighted by Gasteiger charge is 2.31. The van der Waals surface area contributed by atoms with E-state index in [-0.39, 0.29) is 5.75 Å². The smallest absolute Gasteiger partial charge is 0.406 e. The predicted molar refractivity (Wildman–Crippen MR) is 75.0 cm³/mol. The molecule has 0 atom stereocenters. The highest BCUT2D eigenvalue weighted by atomic mass is 19.4. The summed E-state index contributed by atoms with van der Waals surface area (Å²) in [4.78, 5) is 0. The van der Waals surface area contributed by atoms with Gasteiger partial charge >= 0.3 is 6.36 Å². The fourth-order valence-corrected chi connectivity index (χ4v) is 2.42. The first-order valence-corrected chi connectivity index (χ1v) is 6.35. The average Bonchev–Trinajstić information content (AvgIpc) is 2.75. The second-order valence-electron chi connectivity index (χ2n) is 4.72. The molecule has 0 unspecified atom stereocenters. The monoisotopic (exact) mass is 291 g/mol. The maximum atomic E-state index is 12.3. The van der Waals surface area contributed by atoms with Crippen LogP contribution in [-0.2, 0) is 7.05 Å². The quantitative estimate of drug-likeness (QED) is 0.665. The Morgan fingerprint density at radius 2 is 1.71 bits per heavy atom. The van der Waals surface area contributed by atoms with Gasteiger partial charge in [-0.25, -0.2) is 0 Å². The third-order valence-electron chi connectivity index (χ3n) is 3.32. The third-order valence-corrected chi connectivity index (χ3v) is 3.32. The molecular formula is C16H12F3NO. The summed E-state index contributed by atoms with van der Waals surface area (Å²) in [7, 11) is 1.88. The number of halogens is 3. The van der Waals surface area contributed by atoms with E-state index in [0.717, 1.165) is 16.6 Å².